The van der Waals surface area contributed by atoms with Crippen LogP contribution >= 0.6 is 23.0 Å². The van der Waals surface area contributed by atoms with E-state index >= 15 is 0 Å². The second-order valence-corrected chi connectivity index (χ2v) is 6.96. The van der Waals surface area contributed by atoms with Gasteiger partial charge in [0.1, 0.15) is 34.6 Å². The zero-order valence-corrected chi connectivity index (χ0v) is 18.4. The Balaban J connectivity index is 1.68. The summed E-state index contributed by atoms with van der Waals surface area (Å²) < 4.78 is 24.0. The largest absolute Gasteiger partial charge is 0.484 e. The minimum Gasteiger partial charge on any atom is -0.484 e. The molecule has 0 aliphatic heterocycles. The van der Waals surface area contributed by atoms with Crippen LogP contribution in [0.5, 0.6) is 5.75 Å². The number of nitrogens with one attached hydrogen (secondary N) is 2. The Morgan fingerprint density at radius 2 is 1.93 bits per heavy atom. The molecular formula is C21H21FIN3O4. The van der Waals surface area contributed by atoms with Crippen molar-refractivity contribution in [1.82, 2.24) is 10.6 Å². The molecule has 0 aliphatic rings. The van der Waals surface area contributed by atoms with Gasteiger partial charge in [-0.2, -0.15) is 5.26 Å². The number of nitrogens with zero attached hydrogens (tertiary/aromatic N) is 1. The summed E-state index contributed by atoms with van der Waals surface area (Å²) in [4.78, 5) is 24.0. The summed E-state index contributed by atoms with van der Waals surface area (Å²) in [5, 5.41) is 14.2. The fourth-order valence-corrected chi connectivity index (χ4v) is 2.85. The van der Waals surface area contributed by atoms with Crippen molar-refractivity contribution in [2.75, 3.05) is 19.7 Å². The first-order valence-corrected chi connectivity index (χ1v) is 10.0. The van der Waals surface area contributed by atoms with Gasteiger partial charge in [0.2, 0.25) is 0 Å². The first-order chi connectivity index (χ1) is 14.4. The molecule has 2 rings (SSSR count). The van der Waals surface area contributed by atoms with Crippen LogP contribution in [-0.2, 0) is 7.86 Å². The van der Waals surface area contributed by atoms with Gasteiger partial charge in [-0.25, -0.2) is 4.39 Å². The zero-order chi connectivity index (χ0) is 21.9. The van der Waals surface area contributed by atoms with Crippen LogP contribution in [0.1, 0.15) is 27.9 Å². The molecule has 0 heterocycles. The number of halogens is 2. The van der Waals surface area contributed by atoms with Gasteiger partial charge in [-0.1, -0.05) is 6.07 Å². The highest BCUT2D eigenvalue weighted by molar-refractivity contribution is 14.1. The minimum absolute atomic E-state index is 0.228. The number of benzene rings is 2. The van der Waals surface area contributed by atoms with Gasteiger partial charge in [-0.05, 0) is 49.2 Å². The standard InChI is InChI=1S/C21H21FIN3O4/c1-14-2-7-17(10-19(14)22)29-13-20(27)25-9-8-18(30-23)12-26-21(28)16-5-3-15(11-24)4-6-16/h2-7,10,18H,8-9,12-13H2,1H3,(H,25,27)(H,26,28). The topological polar surface area (TPSA) is 100 Å². The molecule has 0 aromatic heterocycles. The van der Waals surface area contributed by atoms with E-state index in [0.717, 1.165) is 0 Å². The number of hydrogen-bond acceptors (Lipinski definition) is 5. The third-order valence-corrected chi connectivity index (χ3v) is 4.91. The Morgan fingerprint density at radius 1 is 1.20 bits per heavy atom. The van der Waals surface area contributed by atoms with E-state index in [1.807, 2.05) is 6.07 Å². The number of amides is 2. The number of carbonyl (C=O) groups excluding carboxylic acids is 2. The lowest BCUT2D eigenvalue weighted by atomic mass is 10.1. The molecule has 2 aromatic carbocycles. The molecule has 158 valence electrons. The average Bonchev–Trinajstić information content (AvgIpc) is 2.76. The summed E-state index contributed by atoms with van der Waals surface area (Å²) in [6.45, 7) is 2.00. The molecule has 0 spiro atoms. The molecule has 1 unspecified atom stereocenters. The number of hydrogen-bond donors (Lipinski definition) is 2. The summed E-state index contributed by atoms with van der Waals surface area (Å²) in [6.07, 6.45) is 0.168. The van der Waals surface area contributed by atoms with Crippen LogP contribution in [0.15, 0.2) is 42.5 Å². The molecule has 0 bridgehead atoms. The first kappa shape index (κ1) is 23.6. The Kier molecular flexibility index (Phi) is 9.50. The van der Waals surface area contributed by atoms with Crippen molar-refractivity contribution in [2.24, 2.45) is 0 Å². The lowest BCUT2D eigenvalue weighted by Gasteiger charge is -2.15. The fourth-order valence-electron chi connectivity index (χ4n) is 2.42. The molecule has 2 aromatic rings. The molecule has 30 heavy (non-hydrogen) atoms. The highest BCUT2D eigenvalue weighted by atomic mass is 127. The van der Waals surface area contributed by atoms with E-state index < -0.39 is 5.82 Å². The van der Waals surface area contributed by atoms with Crippen LogP contribution < -0.4 is 15.4 Å². The van der Waals surface area contributed by atoms with Crippen molar-refractivity contribution in [2.45, 2.75) is 19.4 Å². The third-order valence-electron chi connectivity index (χ3n) is 4.19. The predicted octanol–water partition coefficient (Wildman–Crippen LogP) is 3.06. The molecular weight excluding hydrogens is 504 g/mol. The molecule has 0 radical (unpaired) electrons. The van der Waals surface area contributed by atoms with Gasteiger partial charge in [0, 0.05) is 24.7 Å². The summed E-state index contributed by atoms with van der Waals surface area (Å²) in [5.41, 5.74) is 1.43. The number of carbonyl (C=O) groups is 2. The van der Waals surface area contributed by atoms with Crippen LogP contribution in [-0.4, -0.2) is 37.6 Å². The Morgan fingerprint density at radius 3 is 2.57 bits per heavy atom. The van der Waals surface area contributed by atoms with E-state index in [1.54, 1.807) is 66.3 Å². The molecule has 1 atom stereocenters. The fraction of sp³-hybridized carbons (Fsp3) is 0.286. The van der Waals surface area contributed by atoms with Crippen molar-refractivity contribution in [1.29, 1.82) is 5.26 Å². The monoisotopic (exact) mass is 525 g/mol. The van der Waals surface area contributed by atoms with Gasteiger partial charge in [0.05, 0.1) is 17.7 Å². The number of ether oxygens (including phenoxy) is 1. The SMILES string of the molecule is Cc1ccc(OCC(=O)NCCC(CNC(=O)c2ccc(C#N)cc2)OI)cc1F. The molecule has 9 heteroatoms. The quantitative estimate of drug-likeness (QED) is 0.465. The molecule has 0 aliphatic carbocycles. The van der Waals surface area contributed by atoms with E-state index in [-0.39, 0.29) is 36.8 Å². The van der Waals surface area contributed by atoms with Crippen molar-refractivity contribution in [3.63, 3.8) is 0 Å². The number of nitriles is 1. The first-order valence-electron chi connectivity index (χ1n) is 9.14. The number of rotatable bonds is 10. The lowest BCUT2D eigenvalue weighted by molar-refractivity contribution is -0.123. The summed E-state index contributed by atoms with van der Waals surface area (Å²) in [7, 11) is 0. The van der Waals surface area contributed by atoms with Crippen molar-refractivity contribution in [3.8, 4) is 11.8 Å². The molecule has 2 amide bonds. The van der Waals surface area contributed by atoms with E-state index in [1.165, 1.54) is 6.07 Å². The van der Waals surface area contributed by atoms with Crippen molar-refractivity contribution >= 4 is 34.8 Å². The molecule has 0 saturated heterocycles. The summed E-state index contributed by atoms with van der Waals surface area (Å²) >= 11 is 1.75. The second kappa shape index (κ2) is 12.1. The Bertz CT molecular complexity index is 915. The molecule has 2 N–H and O–H groups in total. The molecule has 0 fully saturated rings. The van der Waals surface area contributed by atoms with Crippen LogP contribution in [0.2, 0.25) is 0 Å². The smallest absolute Gasteiger partial charge is 0.257 e. The molecule has 7 nitrogen and oxygen atoms in total. The summed E-state index contributed by atoms with van der Waals surface area (Å²) in [5.74, 6) is -0.726. The lowest BCUT2D eigenvalue weighted by Crippen LogP contribution is -2.36. The predicted molar refractivity (Wildman–Crippen MR) is 117 cm³/mol. The van der Waals surface area contributed by atoms with Crippen molar-refractivity contribution in [3.05, 3.63) is 65.0 Å². The highest BCUT2D eigenvalue weighted by Gasteiger charge is 2.13. The van der Waals surface area contributed by atoms with Crippen LogP contribution in [0.3, 0.4) is 0 Å². The minimum atomic E-state index is -0.391. The van der Waals surface area contributed by atoms with Crippen LogP contribution in [0, 0.1) is 24.1 Å². The van der Waals surface area contributed by atoms with E-state index in [0.29, 0.717) is 29.7 Å². The highest BCUT2D eigenvalue weighted by Crippen LogP contribution is 2.15. The maximum atomic E-state index is 13.5. The van der Waals surface area contributed by atoms with Gasteiger partial charge in [0.15, 0.2) is 6.61 Å². The maximum Gasteiger partial charge on any atom is 0.257 e. The van der Waals surface area contributed by atoms with Gasteiger partial charge >= 0.3 is 0 Å². The maximum absolute atomic E-state index is 13.5. The van der Waals surface area contributed by atoms with Gasteiger partial charge < -0.3 is 18.4 Å². The summed E-state index contributed by atoms with van der Waals surface area (Å²) in [6, 6.07) is 12.7. The van der Waals surface area contributed by atoms with E-state index in [4.69, 9.17) is 13.1 Å². The van der Waals surface area contributed by atoms with Gasteiger partial charge in [-0.3, -0.25) is 9.59 Å². The van der Waals surface area contributed by atoms with Gasteiger partial charge in [0.25, 0.3) is 11.8 Å². The van der Waals surface area contributed by atoms with E-state index in [2.05, 4.69) is 10.6 Å². The average molecular weight is 525 g/mol. The van der Waals surface area contributed by atoms with Gasteiger partial charge in [-0.15, -0.1) is 0 Å². The zero-order valence-electron chi connectivity index (χ0n) is 16.3. The van der Waals surface area contributed by atoms with Crippen LogP contribution in [0.4, 0.5) is 4.39 Å². The third kappa shape index (κ3) is 7.61. The van der Waals surface area contributed by atoms with Crippen molar-refractivity contribution < 1.29 is 21.8 Å². The Hall–Kier alpha value is -2.71. The van der Waals surface area contributed by atoms with E-state index in [9.17, 15) is 14.0 Å². The normalized spacial score (nSPS) is 11.3. The van der Waals surface area contributed by atoms with Crippen LogP contribution in [0.25, 0.3) is 0 Å². The molecule has 0 saturated carbocycles. The number of aryl methyl sites for hydroxylation is 1. The Labute approximate surface area is 188 Å². The second-order valence-electron chi connectivity index (χ2n) is 6.45.